The summed E-state index contributed by atoms with van der Waals surface area (Å²) in [5, 5.41) is 9.66. The van der Waals surface area contributed by atoms with Gasteiger partial charge in [-0.1, -0.05) is 13.0 Å². The van der Waals surface area contributed by atoms with Crippen molar-refractivity contribution >= 4 is 21.4 Å². The molecule has 1 heterocycles. The van der Waals surface area contributed by atoms with Crippen molar-refractivity contribution in [1.82, 2.24) is 0 Å². The Balaban J connectivity index is 2.56. The molecule has 1 atom stereocenters. The smallest absolute Gasteiger partial charge is 0.131 e. The van der Waals surface area contributed by atoms with E-state index in [1.54, 1.807) is 17.4 Å². The molecule has 0 amide bonds. The third-order valence-corrected chi connectivity index (χ3v) is 3.62. The second-order valence-electron chi connectivity index (χ2n) is 3.38. The summed E-state index contributed by atoms with van der Waals surface area (Å²) in [4.78, 5) is 1.03. The summed E-state index contributed by atoms with van der Waals surface area (Å²) in [5.41, 5.74) is 0. The lowest BCUT2D eigenvalue weighted by molar-refractivity contribution is 0.274. The van der Waals surface area contributed by atoms with E-state index in [2.05, 4.69) is 0 Å². The fourth-order valence-electron chi connectivity index (χ4n) is 1.38. The van der Waals surface area contributed by atoms with Crippen LogP contribution in [0.25, 0.3) is 10.1 Å². The van der Waals surface area contributed by atoms with Gasteiger partial charge in [-0.25, -0.2) is 4.39 Å². The summed E-state index contributed by atoms with van der Waals surface area (Å²) in [6.07, 6.45) is 0. The van der Waals surface area contributed by atoms with Gasteiger partial charge in [0.15, 0.2) is 0 Å². The summed E-state index contributed by atoms with van der Waals surface area (Å²) in [7, 11) is 0. The molecule has 14 heavy (non-hydrogen) atoms. The Hall–Kier alpha value is -0.930. The molecule has 0 spiro atoms. The van der Waals surface area contributed by atoms with Crippen molar-refractivity contribution in [3.8, 4) is 0 Å². The minimum atomic E-state index is -0.185. The van der Waals surface area contributed by atoms with Crippen molar-refractivity contribution in [3.05, 3.63) is 35.0 Å². The third-order valence-electron chi connectivity index (χ3n) is 2.29. The molecule has 0 saturated heterocycles. The Morgan fingerprint density at radius 3 is 2.93 bits per heavy atom. The molecule has 0 aliphatic rings. The van der Waals surface area contributed by atoms with Crippen LogP contribution in [0.15, 0.2) is 24.3 Å². The van der Waals surface area contributed by atoms with Crippen LogP contribution in [0.5, 0.6) is 0 Å². The van der Waals surface area contributed by atoms with Gasteiger partial charge in [-0.05, 0) is 18.2 Å². The molecule has 1 unspecified atom stereocenters. The first-order valence-corrected chi connectivity index (χ1v) is 5.33. The van der Waals surface area contributed by atoms with Gasteiger partial charge < -0.3 is 5.11 Å². The second-order valence-corrected chi connectivity index (χ2v) is 4.50. The predicted molar refractivity (Wildman–Crippen MR) is 57.3 cm³/mol. The number of halogens is 1. The van der Waals surface area contributed by atoms with Crippen molar-refractivity contribution < 1.29 is 9.50 Å². The summed E-state index contributed by atoms with van der Waals surface area (Å²) < 4.78 is 14.3. The van der Waals surface area contributed by atoms with Crippen LogP contribution in [0, 0.1) is 5.82 Å². The van der Waals surface area contributed by atoms with E-state index in [1.807, 2.05) is 19.1 Å². The Morgan fingerprint density at radius 2 is 2.29 bits per heavy atom. The number of aliphatic hydroxyl groups excluding tert-OH is 1. The maximum absolute atomic E-state index is 13.3. The second kappa shape index (κ2) is 3.67. The van der Waals surface area contributed by atoms with Gasteiger partial charge in [-0.3, -0.25) is 0 Å². The lowest BCUT2D eigenvalue weighted by Crippen LogP contribution is -1.94. The first-order valence-electron chi connectivity index (χ1n) is 4.51. The number of hydrogen-bond donors (Lipinski definition) is 1. The molecule has 0 saturated carbocycles. The van der Waals surface area contributed by atoms with E-state index < -0.39 is 0 Å². The molecule has 0 aliphatic heterocycles. The van der Waals surface area contributed by atoms with Crippen LogP contribution in [0.1, 0.15) is 17.7 Å². The van der Waals surface area contributed by atoms with E-state index in [0.717, 1.165) is 9.58 Å². The fourth-order valence-corrected chi connectivity index (χ4v) is 2.50. The van der Waals surface area contributed by atoms with E-state index in [1.165, 1.54) is 6.07 Å². The van der Waals surface area contributed by atoms with Crippen LogP contribution in [0.4, 0.5) is 4.39 Å². The maximum Gasteiger partial charge on any atom is 0.131 e. The lowest BCUT2D eigenvalue weighted by atomic mass is 10.1. The molecule has 1 aromatic carbocycles. The van der Waals surface area contributed by atoms with Gasteiger partial charge in [-0.15, -0.1) is 11.3 Å². The predicted octanol–water partition coefficient (Wildman–Crippen LogP) is 3.14. The van der Waals surface area contributed by atoms with Crippen molar-refractivity contribution in [2.75, 3.05) is 6.61 Å². The standard InChI is InChI=1S/C11H11FOS/c1-7(6-13)11-5-8-9(12)3-2-4-10(8)14-11/h2-5,7,13H,6H2,1H3. The highest BCUT2D eigenvalue weighted by Gasteiger charge is 2.10. The molecule has 1 N–H and O–H groups in total. The zero-order valence-corrected chi connectivity index (χ0v) is 8.64. The minimum absolute atomic E-state index is 0.0896. The van der Waals surface area contributed by atoms with Gasteiger partial charge in [0.25, 0.3) is 0 Å². The lowest BCUT2D eigenvalue weighted by Gasteiger charge is -2.01. The van der Waals surface area contributed by atoms with Crippen LogP contribution in [-0.2, 0) is 0 Å². The average Bonchev–Trinajstić information content (AvgIpc) is 2.62. The molecule has 74 valence electrons. The largest absolute Gasteiger partial charge is 0.396 e. The SMILES string of the molecule is CC(CO)c1cc2c(F)cccc2s1. The topological polar surface area (TPSA) is 20.2 Å². The van der Waals surface area contributed by atoms with Crippen LogP contribution >= 0.6 is 11.3 Å². The molecular formula is C11H11FOS. The number of benzene rings is 1. The first-order chi connectivity index (χ1) is 6.72. The molecular weight excluding hydrogens is 199 g/mol. The molecule has 0 bridgehead atoms. The highest BCUT2D eigenvalue weighted by Crippen LogP contribution is 2.31. The molecule has 3 heteroatoms. The normalized spacial score (nSPS) is 13.4. The number of fused-ring (bicyclic) bond motifs is 1. The molecule has 0 radical (unpaired) electrons. The van der Waals surface area contributed by atoms with Gasteiger partial charge in [0.2, 0.25) is 0 Å². The Labute approximate surface area is 85.8 Å². The van der Waals surface area contributed by atoms with Crippen molar-refractivity contribution in [3.63, 3.8) is 0 Å². The summed E-state index contributed by atoms with van der Waals surface area (Å²) in [6, 6.07) is 6.90. The van der Waals surface area contributed by atoms with Crippen LogP contribution in [0.3, 0.4) is 0 Å². The van der Waals surface area contributed by atoms with Crippen LogP contribution in [0.2, 0.25) is 0 Å². The maximum atomic E-state index is 13.3. The molecule has 0 fully saturated rings. The number of hydrogen-bond acceptors (Lipinski definition) is 2. The number of thiophene rings is 1. The summed E-state index contributed by atoms with van der Waals surface area (Å²) in [6.45, 7) is 2.04. The van der Waals surface area contributed by atoms with E-state index >= 15 is 0 Å². The molecule has 1 aromatic heterocycles. The Morgan fingerprint density at radius 1 is 1.50 bits per heavy atom. The molecule has 2 aromatic rings. The van der Waals surface area contributed by atoms with Gasteiger partial charge in [-0.2, -0.15) is 0 Å². The van der Waals surface area contributed by atoms with E-state index in [4.69, 9.17) is 5.11 Å². The van der Waals surface area contributed by atoms with Gasteiger partial charge >= 0.3 is 0 Å². The van der Waals surface area contributed by atoms with Gasteiger partial charge in [0.1, 0.15) is 5.82 Å². The molecule has 2 rings (SSSR count). The van der Waals surface area contributed by atoms with Crippen molar-refractivity contribution in [1.29, 1.82) is 0 Å². The highest BCUT2D eigenvalue weighted by molar-refractivity contribution is 7.19. The summed E-state index contributed by atoms with van der Waals surface area (Å²) >= 11 is 1.54. The highest BCUT2D eigenvalue weighted by atomic mass is 32.1. The third kappa shape index (κ3) is 1.53. The van der Waals surface area contributed by atoms with Gasteiger partial charge in [0, 0.05) is 20.9 Å². The minimum Gasteiger partial charge on any atom is -0.396 e. The Bertz CT molecular complexity index is 449. The van der Waals surface area contributed by atoms with Crippen molar-refractivity contribution in [2.45, 2.75) is 12.8 Å². The monoisotopic (exact) mass is 210 g/mol. The zero-order valence-electron chi connectivity index (χ0n) is 7.83. The molecule has 0 aliphatic carbocycles. The number of aliphatic hydroxyl groups is 1. The number of rotatable bonds is 2. The van der Waals surface area contributed by atoms with Gasteiger partial charge in [0.05, 0.1) is 6.61 Å². The van der Waals surface area contributed by atoms with E-state index in [9.17, 15) is 4.39 Å². The molecule has 1 nitrogen and oxygen atoms in total. The van der Waals surface area contributed by atoms with E-state index in [-0.39, 0.29) is 18.3 Å². The quantitative estimate of drug-likeness (QED) is 0.807. The van der Waals surface area contributed by atoms with E-state index in [0.29, 0.717) is 5.39 Å². The van der Waals surface area contributed by atoms with Crippen LogP contribution < -0.4 is 0 Å². The van der Waals surface area contributed by atoms with Crippen LogP contribution in [-0.4, -0.2) is 11.7 Å². The average molecular weight is 210 g/mol. The first kappa shape index (κ1) is 9.62. The fraction of sp³-hybridized carbons (Fsp3) is 0.273. The summed E-state index contributed by atoms with van der Waals surface area (Å²) in [5.74, 6) is -0.0954. The Kier molecular flexibility index (Phi) is 2.52. The zero-order chi connectivity index (χ0) is 10.1. The van der Waals surface area contributed by atoms with Crippen molar-refractivity contribution in [2.24, 2.45) is 0 Å².